The average molecular weight is 248 g/mol. The Kier molecular flexibility index (Phi) is 4.02. The molecule has 0 atom stereocenters. The van der Waals surface area contributed by atoms with E-state index in [9.17, 15) is 0 Å². The third kappa shape index (κ3) is 3.12. The van der Waals surface area contributed by atoms with Gasteiger partial charge in [0.1, 0.15) is 5.76 Å². The number of hydrogen-bond donors (Lipinski definition) is 2. The Morgan fingerprint density at radius 1 is 1.44 bits per heavy atom. The average Bonchev–Trinajstić information content (AvgIpc) is 2.96. The molecular weight excluding hydrogens is 228 g/mol. The molecule has 1 aliphatic rings. The molecule has 5 nitrogen and oxygen atoms in total. The zero-order chi connectivity index (χ0) is 13.0. The summed E-state index contributed by atoms with van der Waals surface area (Å²) in [6.45, 7) is 4.41. The van der Waals surface area contributed by atoms with E-state index < -0.39 is 0 Å². The molecule has 18 heavy (non-hydrogen) atoms. The van der Waals surface area contributed by atoms with Crippen LogP contribution in [-0.2, 0) is 6.54 Å². The van der Waals surface area contributed by atoms with Crippen LogP contribution in [0.2, 0.25) is 0 Å². The quantitative estimate of drug-likeness (QED) is 0.485. The highest BCUT2D eigenvalue weighted by atomic mass is 16.4. The van der Waals surface area contributed by atoms with Gasteiger partial charge in [0.05, 0.1) is 12.2 Å². The standard InChI is InChI=1S/C13H20N4O/c1-9-10(2)18-12(16-9)8-15-13(14-3)17-11-6-4-5-7-11/h4-5,11H,6-8H2,1-3H3,(H2,14,15,17). The zero-order valence-electron chi connectivity index (χ0n) is 11.2. The largest absolute Gasteiger partial charge is 0.444 e. The van der Waals surface area contributed by atoms with Gasteiger partial charge in [0, 0.05) is 13.1 Å². The van der Waals surface area contributed by atoms with Gasteiger partial charge < -0.3 is 15.1 Å². The van der Waals surface area contributed by atoms with Crippen molar-refractivity contribution in [3.05, 3.63) is 29.5 Å². The van der Waals surface area contributed by atoms with Crippen molar-refractivity contribution in [3.63, 3.8) is 0 Å². The molecule has 1 aliphatic carbocycles. The van der Waals surface area contributed by atoms with Crippen LogP contribution < -0.4 is 10.6 Å². The van der Waals surface area contributed by atoms with Crippen LogP contribution in [0.15, 0.2) is 21.6 Å². The van der Waals surface area contributed by atoms with Crippen molar-refractivity contribution in [2.45, 2.75) is 39.3 Å². The molecule has 0 aliphatic heterocycles. The van der Waals surface area contributed by atoms with Gasteiger partial charge in [-0.05, 0) is 26.7 Å². The van der Waals surface area contributed by atoms with E-state index in [-0.39, 0.29) is 0 Å². The summed E-state index contributed by atoms with van der Waals surface area (Å²) in [5.41, 5.74) is 0.940. The summed E-state index contributed by atoms with van der Waals surface area (Å²) in [5, 5.41) is 6.57. The molecule has 0 radical (unpaired) electrons. The Morgan fingerprint density at radius 2 is 2.17 bits per heavy atom. The molecule has 98 valence electrons. The molecule has 2 rings (SSSR count). The molecule has 0 bridgehead atoms. The van der Waals surface area contributed by atoms with Crippen LogP contribution in [0, 0.1) is 13.8 Å². The molecule has 0 saturated heterocycles. The van der Waals surface area contributed by atoms with Crippen molar-refractivity contribution in [3.8, 4) is 0 Å². The molecule has 1 aromatic rings. The van der Waals surface area contributed by atoms with E-state index in [0.717, 1.165) is 30.3 Å². The van der Waals surface area contributed by atoms with Crippen LogP contribution in [0.3, 0.4) is 0 Å². The first-order valence-electron chi connectivity index (χ1n) is 6.24. The number of aromatic nitrogens is 1. The first-order valence-corrected chi connectivity index (χ1v) is 6.24. The highest BCUT2D eigenvalue weighted by Gasteiger charge is 2.12. The Balaban J connectivity index is 1.83. The number of guanidine groups is 1. The Labute approximate surface area is 107 Å². The summed E-state index contributed by atoms with van der Waals surface area (Å²) in [5.74, 6) is 2.35. The van der Waals surface area contributed by atoms with Crippen LogP contribution in [0.25, 0.3) is 0 Å². The third-order valence-corrected chi connectivity index (χ3v) is 3.05. The van der Waals surface area contributed by atoms with E-state index in [0.29, 0.717) is 18.5 Å². The van der Waals surface area contributed by atoms with Gasteiger partial charge in [-0.2, -0.15) is 0 Å². The molecule has 0 aromatic carbocycles. The Bertz CT molecular complexity index is 434. The highest BCUT2D eigenvalue weighted by Crippen LogP contribution is 2.09. The maximum absolute atomic E-state index is 5.51. The van der Waals surface area contributed by atoms with Crippen LogP contribution >= 0.6 is 0 Å². The first-order chi connectivity index (χ1) is 8.69. The smallest absolute Gasteiger partial charge is 0.214 e. The SMILES string of the molecule is CN=C(NCc1nc(C)c(C)o1)NC1CC=CC1. The normalized spacial score (nSPS) is 16.3. The van der Waals surface area contributed by atoms with Crippen molar-refractivity contribution in [2.75, 3.05) is 7.05 Å². The van der Waals surface area contributed by atoms with Crippen molar-refractivity contribution in [1.29, 1.82) is 0 Å². The lowest BCUT2D eigenvalue weighted by molar-refractivity contribution is 0.462. The van der Waals surface area contributed by atoms with Crippen molar-refractivity contribution >= 4 is 5.96 Å². The second-order valence-corrected chi connectivity index (χ2v) is 4.46. The van der Waals surface area contributed by atoms with Gasteiger partial charge in [0.2, 0.25) is 5.89 Å². The Morgan fingerprint density at radius 3 is 2.72 bits per heavy atom. The number of nitrogens with one attached hydrogen (secondary N) is 2. The topological polar surface area (TPSA) is 62.5 Å². The summed E-state index contributed by atoms with van der Waals surface area (Å²) in [6.07, 6.45) is 6.48. The number of rotatable bonds is 3. The van der Waals surface area contributed by atoms with Gasteiger partial charge >= 0.3 is 0 Å². The van der Waals surface area contributed by atoms with Crippen molar-refractivity contribution in [1.82, 2.24) is 15.6 Å². The minimum atomic E-state index is 0.448. The summed E-state index contributed by atoms with van der Waals surface area (Å²) < 4.78 is 5.51. The number of aryl methyl sites for hydroxylation is 2. The third-order valence-electron chi connectivity index (χ3n) is 3.05. The van der Waals surface area contributed by atoms with E-state index in [4.69, 9.17) is 4.42 Å². The second kappa shape index (κ2) is 5.71. The van der Waals surface area contributed by atoms with E-state index >= 15 is 0 Å². The van der Waals surface area contributed by atoms with Crippen LogP contribution in [0.5, 0.6) is 0 Å². The highest BCUT2D eigenvalue weighted by molar-refractivity contribution is 5.79. The predicted octanol–water partition coefficient (Wildman–Crippen LogP) is 1.68. The predicted molar refractivity (Wildman–Crippen MR) is 71.5 cm³/mol. The summed E-state index contributed by atoms with van der Waals surface area (Å²) in [7, 11) is 1.77. The molecule has 5 heteroatoms. The number of hydrogen-bond acceptors (Lipinski definition) is 3. The minimum absolute atomic E-state index is 0.448. The fourth-order valence-electron chi connectivity index (χ4n) is 1.90. The van der Waals surface area contributed by atoms with Gasteiger partial charge in [0.25, 0.3) is 0 Å². The van der Waals surface area contributed by atoms with Gasteiger partial charge in [-0.3, -0.25) is 4.99 Å². The van der Waals surface area contributed by atoms with E-state index in [1.807, 2.05) is 13.8 Å². The maximum atomic E-state index is 5.51. The van der Waals surface area contributed by atoms with Crippen molar-refractivity contribution < 1.29 is 4.42 Å². The second-order valence-electron chi connectivity index (χ2n) is 4.46. The molecule has 2 N–H and O–H groups in total. The summed E-state index contributed by atoms with van der Waals surface area (Å²) >= 11 is 0. The molecule has 0 spiro atoms. The summed E-state index contributed by atoms with van der Waals surface area (Å²) in [4.78, 5) is 8.52. The first kappa shape index (κ1) is 12.7. The lowest BCUT2D eigenvalue weighted by atomic mass is 10.2. The van der Waals surface area contributed by atoms with Crippen LogP contribution in [-0.4, -0.2) is 24.0 Å². The van der Waals surface area contributed by atoms with Gasteiger partial charge in [-0.1, -0.05) is 12.2 Å². The molecule has 0 saturated carbocycles. The fourth-order valence-corrected chi connectivity index (χ4v) is 1.90. The monoisotopic (exact) mass is 248 g/mol. The summed E-state index contributed by atoms with van der Waals surface area (Å²) in [6, 6.07) is 0.448. The van der Waals surface area contributed by atoms with Crippen molar-refractivity contribution in [2.24, 2.45) is 4.99 Å². The van der Waals surface area contributed by atoms with Crippen LogP contribution in [0.4, 0.5) is 0 Å². The molecule has 0 fully saturated rings. The van der Waals surface area contributed by atoms with E-state index in [1.54, 1.807) is 7.05 Å². The van der Waals surface area contributed by atoms with E-state index in [2.05, 4.69) is 32.8 Å². The minimum Gasteiger partial charge on any atom is -0.444 e. The number of nitrogens with zero attached hydrogens (tertiary/aromatic N) is 2. The maximum Gasteiger partial charge on any atom is 0.214 e. The zero-order valence-corrected chi connectivity index (χ0v) is 11.2. The van der Waals surface area contributed by atoms with Gasteiger partial charge in [-0.15, -0.1) is 0 Å². The molecule has 1 aromatic heterocycles. The van der Waals surface area contributed by atoms with Gasteiger partial charge in [-0.25, -0.2) is 4.98 Å². The number of aliphatic imine (C=N–C) groups is 1. The molecule has 0 amide bonds. The molecule has 1 heterocycles. The van der Waals surface area contributed by atoms with Gasteiger partial charge in [0.15, 0.2) is 5.96 Å². The molecule has 0 unspecified atom stereocenters. The molecular formula is C13H20N4O. The fraction of sp³-hybridized carbons (Fsp3) is 0.538. The van der Waals surface area contributed by atoms with Crippen LogP contribution in [0.1, 0.15) is 30.2 Å². The lowest BCUT2D eigenvalue weighted by Crippen LogP contribution is -2.42. The Hall–Kier alpha value is -1.78. The van der Waals surface area contributed by atoms with E-state index in [1.165, 1.54) is 0 Å². The lowest BCUT2D eigenvalue weighted by Gasteiger charge is -2.15. The number of oxazole rings is 1.